The van der Waals surface area contributed by atoms with Crippen molar-refractivity contribution < 1.29 is 24.3 Å². The third-order valence-electron chi connectivity index (χ3n) is 9.22. The Morgan fingerprint density at radius 1 is 0.902 bits per heavy atom. The summed E-state index contributed by atoms with van der Waals surface area (Å²) in [6.07, 6.45) is 3.95. The van der Waals surface area contributed by atoms with Crippen molar-refractivity contribution in [3.8, 4) is 5.75 Å². The molecule has 1 N–H and O–H groups in total. The Kier molecular flexibility index (Phi) is 5.70. The van der Waals surface area contributed by atoms with E-state index in [1.165, 1.54) is 11.0 Å². The summed E-state index contributed by atoms with van der Waals surface area (Å²) in [7, 11) is 0. The average Bonchev–Trinajstić information content (AvgIpc) is 3.22. The van der Waals surface area contributed by atoms with Crippen LogP contribution in [0.2, 0.25) is 5.02 Å². The van der Waals surface area contributed by atoms with Crippen molar-refractivity contribution in [2.75, 3.05) is 4.90 Å². The first-order valence-electron chi connectivity index (χ1n) is 13.7. The molecule has 41 heavy (non-hydrogen) atoms. The monoisotopic (exact) mass is 563 g/mol. The molecule has 3 aliphatic carbocycles. The summed E-state index contributed by atoms with van der Waals surface area (Å²) in [5.41, 5.74) is 4.16. The molecule has 0 saturated carbocycles. The van der Waals surface area contributed by atoms with E-state index < -0.39 is 23.7 Å². The van der Waals surface area contributed by atoms with E-state index in [2.05, 4.69) is 0 Å². The molecule has 0 spiro atoms. The number of carbonyl (C=O) groups excluding carboxylic acids is 4. The summed E-state index contributed by atoms with van der Waals surface area (Å²) in [6, 6.07) is 16.0. The van der Waals surface area contributed by atoms with E-state index in [0.717, 1.165) is 22.1 Å². The van der Waals surface area contributed by atoms with Gasteiger partial charge in [-0.25, -0.2) is 4.90 Å². The summed E-state index contributed by atoms with van der Waals surface area (Å²) >= 11 is 6.36. The summed E-state index contributed by atoms with van der Waals surface area (Å²) < 4.78 is 0. The van der Waals surface area contributed by atoms with Crippen LogP contribution in [0.15, 0.2) is 89.0 Å². The molecule has 7 heteroatoms. The molecule has 0 aromatic heterocycles. The van der Waals surface area contributed by atoms with Gasteiger partial charge in [-0.2, -0.15) is 0 Å². The van der Waals surface area contributed by atoms with Gasteiger partial charge in [-0.1, -0.05) is 59.6 Å². The number of nitrogens with zero attached hydrogens (tertiary/aromatic N) is 1. The normalized spacial score (nSPS) is 25.7. The first kappa shape index (κ1) is 25.7. The molecule has 4 aliphatic rings. The van der Waals surface area contributed by atoms with Crippen molar-refractivity contribution in [3.63, 3.8) is 0 Å². The van der Waals surface area contributed by atoms with E-state index in [9.17, 15) is 24.3 Å². The Bertz CT molecular complexity index is 1850. The Balaban J connectivity index is 1.41. The van der Waals surface area contributed by atoms with Crippen molar-refractivity contribution in [3.05, 3.63) is 105 Å². The van der Waals surface area contributed by atoms with E-state index >= 15 is 0 Å². The van der Waals surface area contributed by atoms with E-state index in [4.69, 9.17) is 11.6 Å². The molecule has 2 amide bonds. The van der Waals surface area contributed by atoms with Crippen LogP contribution in [0, 0.1) is 24.7 Å². The van der Waals surface area contributed by atoms with Crippen LogP contribution in [0.5, 0.6) is 5.75 Å². The Morgan fingerprint density at radius 3 is 2.41 bits per heavy atom. The quantitative estimate of drug-likeness (QED) is 0.230. The zero-order valence-corrected chi connectivity index (χ0v) is 23.2. The number of anilines is 1. The second-order valence-corrected chi connectivity index (χ2v) is 11.8. The van der Waals surface area contributed by atoms with Gasteiger partial charge in [-0.15, -0.1) is 0 Å². The van der Waals surface area contributed by atoms with Crippen molar-refractivity contribution in [2.24, 2.45) is 17.8 Å². The summed E-state index contributed by atoms with van der Waals surface area (Å²) in [6.45, 7) is 3.51. The lowest BCUT2D eigenvalue weighted by molar-refractivity contribution is -0.123. The minimum Gasteiger partial charge on any atom is -0.507 e. The number of imide groups is 1. The molecular weight excluding hydrogens is 538 g/mol. The SMILES string of the molecule is CC1=CC(=O)C2=C(C1=O)[C@@H](c1ccc(O)c3ccccc13)C1=CC[C@@H]3C(=O)N(c4ccc(C)c(Cl)c4)C(=O)[C@@H]3[C@@H]1C2. The summed E-state index contributed by atoms with van der Waals surface area (Å²) in [5.74, 6) is -3.14. The highest BCUT2D eigenvalue weighted by atomic mass is 35.5. The van der Waals surface area contributed by atoms with Crippen LogP contribution >= 0.6 is 11.6 Å². The Labute approximate surface area is 241 Å². The highest BCUT2D eigenvalue weighted by Gasteiger charge is 2.56. The minimum absolute atomic E-state index is 0.120. The molecule has 4 atom stereocenters. The number of fused-ring (bicyclic) bond motifs is 4. The maximum absolute atomic E-state index is 14.1. The molecule has 7 rings (SSSR count). The number of carbonyl (C=O) groups is 4. The van der Waals surface area contributed by atoms with Crippen molar-refractivity contribution >= 4 is 51.4 Å². The second-order valence-electron chi connectivity index (χ2n) is 11.4. The highest BCUT2D eigenvalue weighted by molar-refractivity contribution is 6.32. The van der Waals surface area contributed by atoms with Crippen molar-refractivity contribution in [2.45, 2.75) is 32.6 Å². The number of hydrogen-bond acceptors (Lipinski definition) is 5. The van der Waals surface area contributed by atoms with Gasteiger partial charge < -0.3 is 5.11 Å². The predicted octanol–water partition coefficient (Wildman–Crippen LogP) is 6.14. The smallest absolute Gasteiger partial charge is 0.238 e. The maximum atomic E-state index is 14.1. The number of aromatic hydroxyl groups is 1. The van der Waals surface area contributed by atoms with Gasteiger partial charge >= 0.3 is 0 Å². The fourth-order valence-electron chi connectivity index (χ4n) is 7.25. The second kappa shape index (κ2) is 9.11. The van der Waals surface area contributed by atoms with Gasteiger partial charge in [0, 0.05) is 33.0 Å². The molecule has 204 valence electrons. The molecule has 3 aromatic rings. The van der Waals surface area contributed by atoms with Crippen LogP contribution in [-0.2, 0) is 19.2 Å². The van der Waals surface area contributed by atoms with Crippen molar-refractivity contribution in [1.29, 1.82) is 0 Å². The lowest BCUT2D eigenvalue weighted by Crippen LogP contribution is -2.39. The van der Waals surface area contributed by atoms with Gasteiger partial charge in [0.2, 0.25) is 11.8 Å². The molecule has 1 fully saturated rings. The number of phenolic OH excluding ortho intramolecular Hbond substituents is 1. The average molecular weight is 564 g/mol. The topological polar surface area (TPSA) is 91.8 Å². The maximum Gasteiger partial charge on any atom is 0.238 e. The van der Waals surface area contributed by atoms with Crippen LogP contribution in [0.1, 0.15) is 36.8 Å². The van der Waals surface area contributed by atoms with Gasteiger partial charge in [0.25, 0.3) is 0 Å². The first-order valence-corrected chi connectivity index (χ1v) is 14.1. The van der Waals surface area contributed by atoms with Crippen LogP contribution in [0.4, 0.5) is 5.69 Å². The highest BCUT2D eigenvalue weighted by Crippen LogP contribution is 2.56. The van der Waals surface area contributed by atoms with Gasteiger partial charge in [0.1, 0.15) is 5.75 Å². The van der Waals surface area contributed by atoms with E-state index in [1.807, 2.05) is 37.3 Å². The summed E-state index contributed by atoms with van der Waals surface area (Å²) in [5, 5.41) is 12.5. The lowest BCUT2D eigenvalue weighted by atomic mass is 9.59. The molecule has 1 saturated heterocycles. The largest absolute Gasteiger partial charge is 0.507 e. The number of aryl methyl sites for hydroxylation is 1. The third-order valence-corrected chi connectivity index (χ3v) is 9.63. The number of hydrogen-bond donors (Lipinski definition) is 1. The minimum atomic E-state index is -0.669. The Morgan fingerprint density at radius 2 is 1.66 bits per heavy atom. The zero-order chi connectivity index (χ0) is 28.7. The number of rotatable bonds is 2. The fourth-order valence-corrected chi connectivity index (χ4v) is 7.43. The van der Waals surface area contributed by atoms with E-state index in [1.54, 1.807) is 37.3 Å². The zero-order valence-electron chi connectivity index (χ0n) is 22.5. The molecule has 0 bridgehead atoms. The van der Waals surface area contributed by atoms with Gasteiger partial charge in [-0.05, 0) is 73.4 Å². The standard InChI is InChI=1S/C34H26ClNO5/c1-16-7-8-18(14-26(16)35)36-33(40)23-10-9-22-24(30(23)34(36)41)15-25-28(38)13-17(2)32(39)31(25)29(22)21-11-12-27(37)20-6-4-3-5-19(20)21/h3-9,11-14,23-24,29-30,37H,10,15H2,1-2H3/t23-,24+,29-,30-/m0/s1. The van der Waals surface area contributed by atoms with Crippen molar-refractivity contribution in [1.82, 2.24) is 0 Å². The van der Waals surface area contributed by atoms with Crippen LogP contribution in [0.3, 0.4) is 0 Å². The Hall–Kier alpha value is -4.29. The molecular formula is C34H26ClNO5. The number of Topliss-reactive ketones (excluding diaryl/α,β-unsaturated/α-hetero) is 1. The summed E-state index contributed by atoms with van der Waals surface area (Å²) in [4.78, 5) is 56.1. The predicted molar refractivity (Wildman–Crippen MR) is 156 cm³/mol. The van der Waals surface area contributed by atoms with Crippen LogP contribution in [0.25, 0.3) is 10.8 Å². The molecule has 3 aromatic carbocycles. The number of benzene rings is 3. The number of allylic oxidation sites excluding steroid dienone is 6. The molecule has 6 nitrogen and oxygen atoms in total. The number of ketones is 2. The molecule has 0 radical (unpaired) electrons. The number of amides is 2. The van der Waals surface area contributed by atoms with E-state index in [-0.39, 0.29) is 35.6 Å². The van der Waals surface area contributed by atoms with Gasteiger partial charge in [0.05, 0.1) is 17.5 Å². The molecule has 1 aliphatic heterocycles. The number of halogens is 1. The molecule has 1 heterocycles. The molecule has 0 unspecified atom stereocenters. The fraction of sp³-hybridized carbons (Fsp3) is 0.235. The lowest BCUT2D eigenvalue weighted by Gasteiger charge is -2.42. The van der Waals surface area contributed by atoms with Crippen LogP contribution in [-0.4, -0.2) is 28.5 Å². The van der Waals surface area contributed by atoms with Crippen LogP contribution < -0.4 is 4.90 Å². The van der Waals surface area contributed by atoms with Gasteiger partial charge in [0.15, 0.2) is 11.6 Å². The van der Waals surface area contributed by atoms with E-state index in [0.29, 0.717) is 39.2 Å². The van der Waals surface area contributed by atoms with Gasteiger partial charge in [-0.3, -0.25) is 19.2 Å². The number of phenols is 1. The third kappa shape index (κ3) is 3.63. The first-order chi connectivity index (χ1) is 19.7.